The lowest BCUT2D eigenvalue weighted by Crippen LogP contribution is -2.17. The van der Waals surface area contributed by atoms with Gasteiger partial charge in [0.1, 0.15) is 6.07 Å². The lowest BCUT2D eigenvalue weighted by Gasteiger charge is -2.18. The van der Waals surface area contributed by atoms with Gasteiger partial charge in [-0.15, -0.1) is 0 Å². The predicted molar refractivity (Wildman–Crippen MR) is 118 cm³/mol. The zero-order valence-corrected chi connectivity index (χ0v) is 16.8. The van der Waals surface area contributed by atoms with E-state index in [2.05, 4.69) is 28.4 Å². The molecule has 3 aromatic rings. The van der Waals surface area contributed by atoms with Gasteiger partial charge in [-0.25, -0.2) is 0 Å². The van der Waals surface area contributed by atoms with E-state index in [4.69, 9.17) is 0 Å². The molecule has 0 saturated carbocycles. The van der Waals surface area contributed by atoms with E-state index in [1.165, 1.54) is 30.3 Å². The van der Waals surface area contributed by atoms with Crippen LogP contribution in [0.1, 0.15) is 28.8 Å². The van der Waals surface area contributed by atoms with Crippen molar-refractivity contribution < 1.29 is 4.79 Å². The standard InChI is InChI=1S/C24H21N3OS/c25-17-18-7-1-3-9-22(18)29-23-10-4-2-8-21(23)24(28)26-19-11-13-20(14-12-19)27-15-5-6-16-27/h1-4,7-14H,5-6,15-16H2,(H,26,28). The van der Waals surface area contributed by atoms with Crippen molar-refractivity contribution in [1.29, 1.82) is 5.26 Å². The van der Waals surface area contributed by atoms with Crippen LogP contribution in [-0.4, -0.2) is 19.0 Å². The molecule has 0 radical (unpaired) electrons. The van der Waals surface area contributed by atoms with Gasteiger partial charge in [-0.3, -0.25) is 4.79 Å². The largest absolute Gasteiger partial charge is 0.372 e. The topological polar surface area (TPSA) is 56.1 Å². The van der Waals surface area contributed by atoms with E-state index in [0.717, 1.165) is 28.6 Å². The molecular weight excluding hydrogens is 378 g/mol. The van der Waals surface area contributed by atoms with E-state index >= 15 is 0 Å². The van der Waals surface area contributed by atoms with Crippen molar-refractivity contribution in [3.8, 4) is 6.07 Å². The molecule has 0 atom stereocenters. The molecule has 4 rings (SSSR count). The van der Waals surface area contributed by atoms with Crippen molar-refractivity contribution in [3.63, 3.8) is 0 Å². The Labute approximate surface area is 175 Å². The molecule has 1 aliphatic heterocycles. The minimum absolute atomic E-state index is 0.156. The maximum atomic E-state index is 12.9. The molecule has 5 heteroatoms. The summed E-state index contributed by atoms with van der Waals surface area (Å²) < 4.78 is 0. The van der Waals surface area contributed by atoms with Crippen LogP contribution in [-0.2, 0) is 0 Å². The zero-order chi connectivity index (χ0) is 20.1. The first-order valence-corrected chi connectivity index (χ1v) is 10.5. The second kappa shape index (κ2) is 8.85. The average Bonchev–Trinajstić information content (AvgIpc) is 3.30. The molecule has 1 amide bonds. The van der Waals surface area contributed by atoms with Crippen LogP contribution in [0, 0.1) is 11.3 Å². The van der Waals surface area contributed by atoms with Crippen LogP contribution in [0.5, 0.6) is 0 Å². The lowest BCUT2D eigenvalue weighted by atomic mass is 10.2. The monoisotopic (exact) mass is 399 g/mol. The van der Waals surface area contributed by atoms with Gasteiger partial charge >= 0.3 is 0 Å². The van der Waals surface area contributed by atoms with Crippen molar-refractivity contribution in [2.45, 2.75) is 22.6 Å². The third-order valence-corrected chi connectivity index (χ3v) is 6.11. The van der Waals surface area contributed by atoms with Gasteiger partial charge in [0.2, 0.25) is 0 Å². The van der Waals surface area contributed by atoms with Crippen LogP contribution in [0.15, 0.2) is 82.6 Å². The summed E-state index contributed by atoms with van der Waals surface area (Å²) in [6.07, 6.45) is 2.48. The maximum Gasteiger partial charge on any atom is 0.256 e. The number of hydrogen-bond donors (Lipinski definition) is 1. The van der Waals surface area contributed by atoms with Crippen LogP contribution in [0.3, 0.4) is 0 Å². The average molecular weight is 400 g/mol. The quantitative estimate of drug-likeness (QED) is 0.610. The van der Waals surface area contributed by atoms with Crippen LogP contribution in [0.25, 0.3) is 0 Å². The van der Waals surface area contributed by atoms with E-state index in [-0.39, 0.29) is 5.91 Å². The Kier molecular flexibility index (Phi) is 5.83. The minimum Gasteiger partial charge on any atom is -0.372 e. The van der Waals surface area contributed by atoms with Gasteiger partial charge in [-0.05, 0) is 61.4 Å². The van der Waals surface area contributed by atoms with Crippen LogP contribution >= 0.6 is 11.8 Å². The molecule has 0 aliphatic carbocycles. The Morgan fingerprint density at radius 1 is 0.897 bits per heavy atom. The molecule has 4 nitrogen and oxygen atoms in total. The molecule has 144 valence electrons. The first-order valence-electron chi connectivity index (χ1n) is 9.67. The van der Waals surface area contributed by atoms with E-state index < -0.39 is 0 Å². The Morgan fingerprint density at radius 3 is 2.28 bits per heavy atom. The number of carbonyl (C=O) groups excluding carboxylic acids is 1. The van der Waals surface area contributed by atoms with Gasteiger partial charge in [-0.2, -0.15) is 5.26 Å². The number of carbonyl (C=O) groups is 1. The first-order chi connectivity index (χ1) is 14.2. The fraction of sp³-hybridized carbons (Fsp3) is 0.167. The molecule has 29 heavy (non-hydrogen) atoms. The highest BCUT2D eigenvalue weighted by Crippen LogP contribution is 2.33. The molecule has 0 bridgehead atoms. The SMILES string of the molecule is N#Cc1ccccc1Sc1ccccc1C(=O)Nc1ccc(N2CCCC2)cc1. The van der Waals surface area contributed by atoms with E-state index in [1.807, 2.05) is 54.6 Å². The van der Waals surface area contributed by atoms with Gasteiger partial charge < -0.3 is 10.2 Å². The molecule has 0 spiro atoms. The molecule has 0 unspecified atom stereocenters. The zero-order valence-electron chi connectivity index (χ0n) is 16.0. The normalized spacial score (nSPS) is 13.1. The fourth-order valence-electron chi connectivity index (χ4n) is 3.44. The molecule has 1 heterocycles. The first kappa shape index (κ1) is 19.1. The van der Waals surface area contributed by atoms with Crippen LogP contribution in [0.2, 0.25) is 0 Å². The highest BCUT2D eigenvalue weighted by molar-refractivity contribution is 7.99. The van der Waals surface area contributed by atoms with Crippen molar-refractivity contribution in [2.75, 3.05) is 23.3 Å². The summed E-state index contributed by atoms with van der Waals surface area (Å²) in [4.78, 5) is 16.9. The number of benzene rings is 3. The van der Waals surface area contributed by atoms with E-state index in [0.29, 0.717) is 11.1 Å². The highest BCUT2D eigenvalue weighted by Gasteiger charge is 2.15. The summed E-state index contributed by atoms with van der Waals surface area (Å²) in [5, 5.41) is 12.3. The predicted octanol–water partition coefficient (Wildman–Crippen LogP) is 5.56. The van der Waals surface area contributed by atoms with Gasteiger partial charge in [0.05, 0.1) is 11.1 Å². The number of anilines is 2. The number of amides is 1. The number of nitrogens with one attached hydrogen (secondary N) is 1. The van der Waals surface area contributed by atoms with Crippen LogP contribution in [0.4, 0.5) is 11.4 Å². The summed E-state index contributed by atoms with van der Waals surface area (Å²) >= 11 is 1.43. The van der Waals surface area contributed by atoms with Crippen molar-refractivity contribution in [2.24, 2.45) is 0 Å². The fourth-order valence-corrected chi connectivity index (χ4v) is 4.46. The molecule has 1 saturated heterocycles. The Bertz CT molecular complexity index is 1050. The number of rotatable bonds is 5. The summed E-state index contributed by atoms with van der Waals surface area (Å²) in [5.74, 6) is -0.156. The molecule has 3 aromatic carbocycles. The Balaban J connectivity index is 1.51. The smallest absolute Gasteiger partial charge is 0.256 e. The molecule has 1 fully saturated rings. The third-order valence-electron chi connectivity index (χ3n) is 4.96. The Hall–Kier alpha value is -3.23. The van der Waals surface area contributed by atoms with E-state index in [1.54, 1.807) is 6.07 Å². The van der Waals surface area contributed by atoms with Gasteiger partial charge in [-0.1, -0.05) is 36.0 Å². The number of nitriles is 1. The highest BCUT2D eigenvalue weighted by atomic mass is 32.2. The van der Waals surface area contributed by atoms with Crippen molar-refractivity contribution in [1.82, 2.24) is 0 Å². The van der Waals surface area contributed by atoms with Crippen molar-refractivity contribution >= 4 is 29.0 Å². The van der Waals surface area contributed by atoms with Crippen LogP contribution < -0.4 is 10.2 Å². The minimum atomic E-state index is -0.156. The number of hydrogen-bond acceptors (Lipinski definition) is 4. The lowest BCUT2D eigenvalue weighted by molar-refractivity contribution is 0.102. The molecule has 1 N–H and O–H groups in total. The Morgan fingerprint density at radius 2 is 1.55 bits per heavy atom. The summed E-state index contributed by atoms with van der Waals surface area (Å²) in [6, 6.07) is 25.1. The second-order valence-electron chi connectivity index (χ2n) is 6.90. The maximum absolute atomic E-state index is 12.9. The summed E-state index contributed by atoms with van der Waals surface area (Å²) in [7, 11) is 0. The third kappa shape index (κ3) is 4.44. The molecular formula is C24H21N3OS. The number of nitrogens with zero attached hydrogens (tertiary/aromatic N) is 2. The van der Waals surface area contributed by atoms with E-state index in [9.17, 15) is 10.1 Å². The second-order valence-corrected chi connectivity index (χ2v) is 7.99. The summed E-state index contributed by atoms with van der Waals surface area (Å²) in [5.41, 5.74) is 3.17. The molecule has 1 aliphatic rings. The van der Waals surface area contributed by atoms with Crippen molar-refractivity contribution in [3.05, 3.63) is 83.9 Å². The molecule has 0 aromatic heterocycles. The van der Waals surface area contributed by atoms with Gasteiger partial charge in [0.25, 0.3) is 5.91 Å². The van der Waals surface area contributed by atoms with Gasteiger partial charge in [0.15, 0.2) is 0 Å². The van der Waals surface area contributed by atoms with Gasteiger partial charge in [0, 0.05) is 34.3 Å². The summed E-state index contributed by atoms with van der Waals surface area (Å²) in [6.45, 7) is 2.20.